The third-order valence-corrected chi connectivity index (χ3v) is 4.73. The van der Waals surface area contributed by atoms with Crippen molar-refractivity contribution < 1.29 is 9.53 Å². The summed E-state index contributed by atoms with van der Waals surface area (Å²) in [4.78, 5) is 14.4. The van der Waals surface area contributed by atoms with Crippen molar-refractivity contribution in [3.05, 3.63) is 28.8 Å². The fourth-order valence-electron chi connectivity index (χ4n) is 2.28. The summed E-state index contributed by atoms with van der Waals surface area (Å²) in [5.74, 6) is 2.80. The molecule has 0 saturated carbocycles. The zero-order valence-electron chi connectivity index (χ0n) is 11.2. The summed E-state index contributed by atoms with van der Waals surface area (Å²) in [6.07, 6.45) is 2.10. The van der Waals surface area contributed by atoms with Gasteiger partial charge in [0.05, 0.1) is 12.7 Å². The van der Waals surface area contributed by atoms with Crippen molar-refractivity contribution in [2.75, 3.05) is 25.7 Å². The molecule has 104 valence electrons. The van der Waals surface area contributed by atoms with Gasteiger partial charge in [0, 0.05) is 18.1 Å². The molecule has 1 aliphatic heterocycles. The van der Waals surface area contributed by atoms with Gasteiger partial charge in [-0.3, -0.25) is 4.79 Å². The van der Waals surface area contributed by atoms with E-state index in [2.05, 4.69) is 0 Å². The van der Waals surface area contributed by atoms with Crippen LogP contribution in [0.4, 0.5) is 0 Å². The largest absolute Gasteiger partial charge is 0.496 e. The minimum atomic E-state index is -0.0174. The number of halogens is 1. The monoisotopic (exact) mass is 299 g/mol. The van der Waals surface area contributed by atoms with Crippen LogP contribution in [0.3, 0.4) is 0 Å². The SMILES string of the molecule is COc1ccc(Cl)cc1C(=O)N(C)C1CCSCC1. The quantitative estimate of drug-likeness (QED) is 0.857. The van der Waals surface area contributed by atoms with Crippen LogP contribution in [0.1, 0.15) is 23.2 Å². The first-order valence-corrected chi connectivity index (χ1v) is 7.85. The number of methoxy groups -OCH3 is 1. The van der Waals surface area contributed by atoms with Crippen molar-refractivity contribution in [3.63, 3.8) is 0 Å². The molecular formula is C14H18ClNO2S. The normalized spacial score (nSPS) is 16.2. The number of carbonyl (C=O) groups excluding carboxylic acids is 1. The number of hydrogen-bond donors (Lipinski definition) is 0. The molecule has 0 spiro atoms. The molecule has 0 aromatic heterocycles. The van der Waals surface area contributed by atoms with E-state index >= 15 is 0 Å². The molecule has 0 bridgehead atoms. The maximum Gasteiger partial charge on any atom is 0.257 e. The molecule has 1 aliphatic rings. The summed E-state index contributed by atoms with van der Waals surface area (Å²) < 4.78 is 5.25. The second kappa shape index (κ2) is 6.53. The van der Waals surface area contributed by atoms with Crippen molar-refractivity contribution in [2.24, 2.45) is 0 Å². The zero-order chi connectivity index (χ0) is 13.8. The number of hydrogen-bond acceptors (Lipinski definition) is 3. The van der Waals surface area contributed by atoms with Gasteiger partial charge in [0.15, 0.2) is 0 Å². The fourth-order valence-corrected chi connectivity index (χ4v) is 3.53. The topological polar surface area (TPSA) is 29.5 Å². The van der Waals surface area contributed by atoms with E-state index in [0.717, 1.165) is 24.3 Å². The summed E-state index contributed by atoms with van der Waals surface area (Å²) in [7, 11) is 3.43. The number of rotatable bonds is 3. The number of ether oxygens (including phenoxy) is 1. The average molecular weight is 300 g/mol. The predicted molar refractivity (Wildman–Crippen MR) is 80.4 cm³/mol. The highest BCUT2D eigenvalue weighted by Crippen LogP contribution is 2.27. The summed E-state index contributed by atoms with van der Waals surface area (Å²) in [6, 6.07) is 5.46. The number of thioether (sulfide) groups is 1. The lowest BCUT2D eigenvalue weighted by Gasteiger charge is -2.31. The van der Waals surface area contributed by atoms with Gasteiger partial charge in [-0.15, -0.1) is 0 Å². The van der Waals surface area contributed by atoms with Gasteiger partial charge >= 0.3 is 0 Å². The third kappa shape index (κ3) is 3.37. The Morgan fingerprint density at radius 3 is 2.74 bits per heavy atom. The number of amides is 1. The van der Waals surface area contributed by atoms with Gasteiger partial charge in [-0.2, -0.15) is 11.8 Å². The van der Waals surface area contributed by atoms with Crippen LogP contribution in [0, 0.1) is 0 Å². The molecule has 0 unspecified atom stereocenters. The van der Waals surface area contributed by atoms with Gasteiger partial charge in [-0.1, -0.05) is 11.6 Å². The summed E-state index contributed by atoms with van der Waals surface area (Å²) in [5.41, 5.74) is 0.538. The molecule has 0 N–H and O–H groups in total. The standard InChI is InChI=1S/C14H18ClNO2S/c1-16(11-5-7-19-8-6-11)14(17)12-9-10(15)3-4-13(12)18-2/h3-4,9,11H,5-8H2,1-2H3. The molecule has 1 amide bonds. The summed E-state index contributed by atoms with van der Waals surface area (Å²) in [5, 5.41) is 0.553. The molecule has 0 atom stereocenters. The van der Waals surface area contributed by atoms with Crippen molar-refractivity contribution in [1.29, 1.82) is 0 Å². The Hall–Kier alpha value is -0.870. The van der Waals surface area contributed by atoms with E-state index in [9.17, 15) is 4.79 Å². The Bertz CT molecular complexity index is 461. The van der Waals surface area contributed by atoms with Crippen LogP contribution in [0.5, 0.6) is 5.75 Å². The average Bonchev–Trinajstić information content (AvgIpc) is 2.46. The molecule has 1 heterocycles. The van der Waals surface area contributed by atoms with Crippen LogP contribution in [0.25, 0.3) is 0 Å². The van der Waals surface area contributed by atoms with E-state index in [0.29, 0.717) is 22.4 Å². The zero-order valence-corrected chi connectivity index (χ0v) is 12.8. The first kappa shape index (κ1) is 14.5. The minimum Gasteiger partial charge on any atom is -0.496 e. The Morgan fingerprint density at radius 1 is 1.42 bits per heavy atom. The number of carbonyl (C=O) groups is 1. The highest BCUT2D eigenvalue weighted by Gasteiger charge is 2.25. The van der Waals surface area contributed by atoms with Gasteiger partial charge in [-0.25, -0.2) is 0 Å². The van der Waals surface area contributed by atoms with E-state index < -0.39 is 0 Å². The smallest absolute Gasteiger partial charge is 0.257 e. The van der Waals surface area contributed by atoms with E-state index in [1.807, 2.05) is 23.7 Å². The van der Waals surface area contributed by atoms with Crippen molar-refractivity contribution in [1.82, 2.24) is 4.90 Å². The second-order valence-corrected chi connectivity index (χ2v) is 6.27. The molecule has 0 radical (unpaired) electrons. The van der Waals surface area contributed by atoms with E-state index in [1.165, 1.54) is 0 Å². The number of benzene rings is 1. The molecule has 1 fully saturated rings. The fraction of sp³-hybridized carbons (Fsp3) is 0.500. The summed E-state index contributed by atoms with van der Waals surface area (Å²) in [6.45, 7) is 0. The Morgan fingerprint density at radius 2 is 2.11 bits per heavy atom. The maximum atomic E-state index is 12.6. The van der Waals surface area contributed by atoms with Gasteiger partial charge in [0.2, 0.25) is 0 Å². The van der Waals surface area contributed by atoms with E-state index in [4.69, 9.17) is 16.3 Å². The van der Waals surface area contributed by atoms with Crippen molar-refractivity contribution >= 4 is 29.3 Å². The van der Waals surface area contributed by atoms with E-state index in [1.54, 1.807) is 25.3 Å². The van der Waals surface area contributed by atoms with Crippen molar-refractivity contribution in [3.8, 4) is 5.75 Å². The molecule has 3 nitrogen and oxygen atoms in total. The predicted octanol–water partition coefficient (Wildman–Crippen LogP) is 3.32. The molecular weight excluding hydrogens is 282 g/mol. The van der Waals surface area contributed by atoms with Crippen LogP contribution < -0.4 is 4.74 Å². The Labute approximate surface area is 123 Å². The van der Waals surface area contributed by atoms with Crippen LogP contribution in [0.2, 0.25) is 5.02 Å². The molecule has 0 aliphatic carbocycles. The number of nitrogens with zero attached hydrogens (tertiary/aromatic N) is 1. The van der Waals surface area contributed by atoms with Gasteiger partial charge < -0.3 is 9.64 Å². The van der Waals surface area contributed by atoms with E-state index in [-0.39, 0.29) is 5.91 Å². The first-order chi connectivity index (χ1) is 9.13. The molecule has 1 aromatic carbocycles. The van der Waals surface area contributed by atoms with Crippen LogP contribution in [-0.2, 0) is 0 Å². The lowest BCUT2D eigenvalue weighted by Crippen LogP contribution is -2.39. The Kier molecular flexibility index (Phi) is 4.99. The molecule has 19 heavy (non-hydrogen) atoms. The molecule has 5 heteroatoms. The van der Waals surface area contributed by atoms with Crippen LogP contribution >= 0.6 is 23.4 Å². The lowest BCUT2D eigenvalue weighted by molar-refractivity contribution is 0.0720. The third-order valence-electron chi connectivity index (χ3n) is 3.45. The second-order valence-electron chi connectivity index (χ2n) is 4.60. The Balaban J connectivity index is 2.20. The van der Waals surface area contributed by atoms with Crippen LogP contribution in [-0.4, -0.2) is 42.5 Å². The first-order valence-electron chi connectivity index (χ1n) is 6.32. The minimum absolute atomic E-state index is 0.0174. The van der Waals surface area contributed by atoms with Gasteiger partial charge in [-0.05, 0) is 42.5 Å². The maximum absolute atomic E-state index is 12.6. The lowest BCUT2D eigenvalue weighted by atomic mass is 10.1. The highest BCUT2D eigenvalue weighted by atomic mass is 35.5. The molecule has 1 aromatic rings. The highest BCUT2D eigenvalue weighted by molar-refractivity contribution is 7.99. The summed E-state index contributed by atoms with van der Waals surface area (Å²) >= 11 is 7.93. The van der Waals surface area contributed by atoms with Gasteiger partial charge in [0.25, 0.3) is 5.91 Å². The molecule has 2 rings (SSSR count). The van der Waals surface area contributed by atoms with Gasteiger partial charge in [0.1, 0.15) is 5.75 Å². The van der Waals surface area contributed by atoms with Crippen LogP contribution in [0.15, 0.2) is 18.2 Å². The molecule has 1 saturated heterocycles. The van der Waals surface area contributed by atoms with Crippen molar-refractivity contribution in [2.45, 2.75) is 18.9 Å².